The van der Waals surface area contributed by atoms with Crippen molar-refractivity contribution >= 4 is 39.4 Å². The zero-order chi connectivity index (χ0) is 18.2. The number of sulfonamides is 1. The first-order chi connectivity index (χ1) is 11.8. The van der Waals surface area contributed by atoms with Gasteiger partial charge in [0.2, 0.25) is 15.9 Å². The maximum atomic E-state index is 12.9. The summed E-state index contributed by atoms with van der Waals surface area (Å²) >= 11 is 0. The Balaban J connectivity index is 0.00000243. The Hall–Kier alpha value is -1.68. The van der Waals surface area contributed by atoms with E-state index < -0.39 is 10.0 Å². The van der Waals surface area contributed by atoms with E-state index in [0.717, 1.165) is 0 Å². The van der Waals surface area contributed by atoms with Crippen LogP contribution < -0.4 is 5.73 Å². The van der Waals surface area contributed by atoms with Crippen LogP contribution in [0.15, 0.2) is 29.4 Å². The van der Waals surface area contributed by atoms with Crippen LogP contribution in [0, 0.1) is 5.92 Å². The van der Waals surface area contributed by atoms with Crippen molar-refractivity contribution in [2.24, 2.45) is 11.7 Å². The van der Waals surface area contributed by atoms with Crippen LogP contribution in [0.2, 0.25) is 0 Å². The van der Waals surface area contributed by atoms with Crippen LogP contribution in [-0.4, -0.2) is 65.7 Å². The summed E-state index contributed by atoms with van der Waals surface area (Å²) in [6.45, 7) is 4.88. The van der Waals surface area contributed by atoms with Gasteiger partial charge in [0, 0.05) is 50.0 Å². The fraction of sp³-hybridized carbons (Fsp3) is 0.500. The van der Waals surface area contributed by atoms with Crippen LogP contribution in [0.1, 0.15) is 13.8 Å². The van der Waals surface area contributed by atoms with Gasteiger partial charge in [-0.05, 0) is 19.1 Å². The topological polar surface area (TPSA) is 112 Å². The minimum absolute atomic E-state index is 0. The molecule has 0 aromatic carbocycles. The SMILES string of the molecule is CC(N)C(C)C(=O)N1CCN(S(=O)(=O)c2c[nH]c3ncccc23)CC1.Cl. The second-order valence-corrected chi connectivity index (χ2v) is 8.34. The molecule has 2 unspecified atom stereocenters. The number of nitrogens with zero attached hydrogens (tertiary/aromatic N) is 3. The van der Waals surface area contributed by atoms with E-state index in [4.69, 9.17) is 5.73 Å². The standard InChI is InChI=1S/C16H23N5O3S.ClH/c1-11(12(2)17)16(22)20-6-8-21(9-7-20)25(23,24)14-10-19-15-13(14)4-3-5-18-15;/h3-5,10-12H,6-9,17H2,1-2H3,(H,18,19);1H. The Morgan fingerprint density at radius 1 is 1.27 bits per heavy atom. The Bertz CT molecular complexity index is 875. The number of hydrogen-bond acceptors (Lipinski definition) is 5. The highest BCUT2D eigenvalue weighted by molar-refractivity contribution is 7.89. The van der Waals surface area contributed by atoms with Crippen LogP contribution in [0.5, 0.6) is 0 Å². The lowest BCUT2D eigenvalue weighted by atomic mass is 10.0. The van der Waals surface area contributed by atoms with Gasteiger partial charge >= 0.3 is 0 Å². The summed E-state index contributed by atoms with van der Waals surface area (Å²) in [6.07, 6.45) is 3.09. The Kier molecular flexibility index (Phi) is 6.28. The number of amides is 1. The molecule has 3 heterocycles. The minimum Gasteiger partial charge on any atom is -0.345 e. The third kappa shape index (κ3) is 3.71. The molecule has 3 rings (SSSR count). The first kappa shape index (κ1) is 20.6. The molecule has 3 N–H and O–H groups in total. The lowest BCUT2D eigenvalue weighted by molar-refractivity contribution is -0.136. The van der Waals surface area contributed by atoms with E-state index in [-0.39, 0.29) is 48.3 Å². The largest absolute Gasteiger partial charge is 0.345 e. The molecule has 0 radical (unpaired) electrons. The van der Waals surface area contributed by atoms with Gasteiger partial charge in [-0.3, -0.25) is 4.79 Å². The summed E-state index contributed by atoms with van der Waals surface area (Å²) in [5, 5.41) is 0.576. The molecule has 2 aromatic rings. The molecule has 10 heteroatoms. The Morgan fingerprint density at radius 3 is 2.54 bits per heavy atom. The van der Waals surface area contributed by atoms with Crippen molar-refractivity contribution in [1.29, 1.82) is 0 Å². The van der Waals surface area contributed by atoms with Gasteiger partial charge < -0.3 is 15.6 Å². The maximum Gasteiger partial charge on any atom is 0.245 e. The predicted molar refractivity (Wildman–Crippen MR) is 101 cm³/mol. The number of nitrogens with two attached hydrogens (primary N) is 1. The van der Waals surface area contributed by atoms with Crippen molar-refractivity contribution in [3.63, 3.8) is 0 Å². The zero-order valence-corrected chi connectivity index (χ0v) is 16.4. The Morgan fingerprint density at radius 2 is 1.92 bits per heavy atom. The van der Waals surface area contributed by atoms with Crippen molar-refractivity contribution in [3.05, 3.63) is 24.5 Å². The van der Waals surface area contributed by atoms with Crippen LogP contribution in [0.25, 0.3) is 11.0 Å². The molecule has 0 aliphatic carbocycles. The third-order valence-corrected chi connectivity index (χ3v) is 6.70. The molecule has 2 aromatic heterocycles. The summed E-state index contributed by atoms with van der Waals surface area (Å²) in [5.41, 5.74) is 6.34. The van der Waals surface area contributed by atoms with Gasteiger partial charge in [0.15, 0.2) is 0 Å². The van der Waals surface area contributed by atoms with Crippen molar-refractivity contribution in [3.8, 4) is 0 Å². The highest BCUT2D eigenvalue weighted by Gasteiger charge is 2.33. The molecule has 2 atom stereocenters. The first-order valence-corrected chi connectivity index (χ1v) is 9.73. The highest BCUT2D eigenvalue weighted by atomic mass is 35.5. The summed E-state index contributed by atoms with van der Waals surface area (Å²) < 4.78 is 27.3. The monoisotopic (exact) mass is 401 g/mol. The van der Waals surface area contributed by atoms with Gasteiger partial charge in [-0.15, -0.1) is 12.4 Å². The van der Waals surface area contributed by atoms with E-state index >= 15 is 0 Å². The predicted octanol–water partition coefficient (Wildman–Crippen LogP) is 0.801. The number of aromatic nitrogens is 2. The quantitative estimate of drug-likeness (QED) is 0.786. The number of rotatable bonds is 4. The lowest BCUT2D eigenvalue weighted by Gasteiger charge is -2.35. The maximum absolute atomic E-state index is 12.9. The molecular formula is C16H24ClN5O3S. The number of H-pyrrole nitrogens is 1. The second-order valence-electron chi connectivity index (χ2n) is 6.43. The molecule has 1 fully saturated rings. The number of fused-ring (bicyclic) bond motifs is 1. The number of nitrogens with one attached hydrogen (secondary N) is 1. The summed E-state index contributed by atoms with van der Waals surface area (Å²) in [4.78, 5) is 21.3. The van der Waals surface area contributed by atoms with Crippen LogP contribution in [-0.2, 0) is 14.8 Å². The number of aromatic amines is 1. The molecule has 0 spiro atoms. The molecule has 144 valence electrons. The van der Waals surface area contributed by atoms with Gasteiger partial charge in [0.25, 0.3) is 0 Å². The fourth-order valence-corrected chi connectivity index (χ4v) is 4.52. The molecule has 0 saturated carbocycles. The molecule has 8 nitrogen and oxygen atoms in total. The molecular weight excluding hydrogens is 378 g/mol. The number of pyridine rings is 1. The van der Waals surface area contributed by atoms with E-state index in [2.05, 4.69) is 9.97 Å². The van der Waals surface area contributed by atoms with Crippen molar-refractivity contribution in [2.75, 3.05) is 26.2 Å². The zero-order valence-electron chi connectivity index (χ0n) is 14.8. The third-order valence-electron chi connectivity index (χ3n) is 4.76. The first-order valence-electron chi connectivity index (χ1n) is 8.29. The van der Waals surface area contributed by atoms with E-state index in [1.807, 2.05) is 0 Å². The number of carbonyl (C=O) groups excluding carboxylic acids is 1. The number of hydrogen-bond donors (Lipinski definition) is 2. The van der Waals surface area contributed by atoms with Gasteiger partial charge in [0.1, 0.15) is 10.5 Å². The van der Waals surface area contributed by atoms with Gasteiger partial charge in [-0.2, -0.15) is 4.31 Å². The van der Waals surface area contributed by atoms with E-state index in [0.29, 0.717) is 24.1 Å². The number of halogens is 1. The summed E-state index contributed by atoms with van der Waals surface area (Å²) in [7, 11) is -3.63. The normalized spacial score (nSPS) is 18.3. The molecule has 1 amide bonds. The summed E-state index contributed by atoms with van der Waals surface area (Å²) in [5.74, 6) is -0.300. The Labute approximate surface area is 159 Å². The smallest absolute Gasteiger partial charge is 0.245 e. The minimum atomic E-state index is -3.63. The van der Waals surface area contributed by atoms with Crippen molar-refractivity contribution < 1.29 is 13.2 Å². The molecule has 1 aliphatic heterocycles. The van der Waals surface area contributed by atoms with Crippen molar-refractivity contribution in [1.82, 2.24) is 19.2 Å². The van der Waals surface area contributed by atoms with E-state index in [9.17, 15) is 13.2 Å². The number of carbonyl (C=O) groups is 1. The number of piperazine rings is 1. The second kappa shape index (κ2) is 7.91. The highest BCUT2D eigenvalue weighted by Crippen LogP contribution is 2.25. The van der Waals surface area contributed by atoms with E-state index in [1.165, 1.54) is 10.5 Å². The molecule has 26 heavy (non-hydrogen) atoms. The van der Waals surface area contributed by atoms with Gasteiger partial charge in [0.05, 0.1) is 5.92 Å². The molecule has 1 aliphatic rings. The average Bonchev–Trinajstić information content (AvgIpc) is 3.05. The fourth-order valence-electron chi connectivity index (χ4n) is 2.95. The molecule has 0 bridgehead atoms. The van der Waals surface area contributed by atoms with Crippen LogP contribution >= 0.6 is 12.4 Å². The van der Waals surface area contributed by atoms with Gasteiger partial charge in [-0.25, -0.2) is 13.4 Å². The molecule has 1 saturated heterocycles. The van der Waals surface area contributed by atoms with Gasteiger partial charge in [-0.1, -0.05) is 6.92 Å². The average molecular weight is 402 g/mol. The summed E-state index contributed by atoms with van der Waals surface area (Å²) in [6, 6.07) is 3.21. The van der Waals surface area contributed by atoms with Crippen LogP contribution in [0.3, 0.4) is 0 Å². The van der Waals surface area contributed by atoms with Crippen molar-refractivity contribution in [2.45, 2.75) is 24.8 Å². The lowest BCUT2D eigenvalue weighted by Crippen LogP contribution is -2.53. The van der Waals surface area contributed by atoms with Crippen LogP contribution in [0.4, 0.5) is 0 Å². The van der Waals surface area contributed by atoms with E-state index in [1.54, 1.807) is 37.1 Å².